The van der Waals surface area contributed by atoms with Crippen molar-refractivity contribution < 1.29 is 9.59 Å². The third kappa shape index (κ3) is 4.84. The largest absolute Gasteiger partial charge is 0.342 e. The molecule has 2 saturated heterocycles. The first-order chi connectivity index (χ1) is 14.2. The quantitative estimate of drug-likeness (QED) is 0.736. The van der Waals surface area contributed by atoms with E-state index in [0.29, 0.717) is 13.1 Å². The number of rotatable bonds is 5. The summed E-state index contributed by atoms with van der Waals surface area (Å²) in [5, 5.41) is 2.16. The molecule has 6 nitrogen and oxygen atoms in total. The van der Waals surface area contributed by atoms with Crippen LogP contribution < -0.4 is 0 Å². The van der Waals surface area contributed by atoms with Crippen molar-refractivity contribution in [1.82, 2.24) is 19.6 Å². The lowest BCUT2D eigenvalue weighted by Crippen LogP contribution is -2.46. The molecule has 0 N–H and O–H groups in total. The van der Waals surface area contributed by atoms with Crippen LogP contribution >= 0.6 is 11.3 Å². The van der Waals surface area contributed by atoms with Gasteiger partial charge in [-0.2, -0.15) is 0 Å². The summed E-state index contributed by atoms with van der Waals surface area (Å²) in [7, 11) is 0. The first kappa shape index (κ1) is 20.8. The lowest BCUT2D eigenvalue weighted by atomic mass is 9.97. The number of hydrogen-bond acceptors (Lipinski definition) is 5. The molecule has 4 rings (SSSR count). The summed E-state index contributed by atoms with van der Waals surface area (Å²) in [4.78, 5) is 35.7. The molecule has 0 spiro atoms. The van der Waals surface area contributed by atoms with Gasteiger partial charge in [0.05, 0.1) is 19.1 Å². The van der Waals surface area contributed by atoms with Gasteiger partial charge in [0.15, 0.2) is 0 Å². The Bertz CT molecular complexity index is 715. The maximum absolute atomic E-state index is 13.1. The monoisotopic (exact) mass is 418 g/mol. The molecule has 0 saturated carbocycles. The van der Waals surface area contributed by atoms with Crippen LogP contribution in [0.4, 0.5) is 0 Å². The van der Waals surface area contributed by atoms with Crippen molar-refractivity contribution in [3.05, 3.63) is 21.9 Å². The summed E-state index contributed by atoms with van der Waals surface area (Å²) < 4.78 is 0. The zero-order chi connectivity index (χ0) is 20.2. The van der Waals surface area contributed by atoms with Crippen molar-refractivity contribution >= 4 is 23.2 Å². The van der Waals surface area contributed by atoms with Gasteiger partial charge in [-0.15, -0.1) is 11.3 Å². The molecule has 0 radical (unpaired) electrons. The van der Waals surface area contributed by atoms with E-state index in [0.717, 1.165) is 77.9 Å². The van der Waals surface area contributed by atoms with Gasteiger partial charge in [0.25, 0.3) is 0 Å². The van der Waals surface area contributed by atoms with Crippen molar-refractivity contribution in [3.63, 3.8) is 0 Å². The van der Waals surface area contributed by atoms with Crippen LogP contribution in [0.15, 0.2) is 11.4 Å². The Morgan fingerprint density at radius 1 is 0.931 bits per heavy atom. The summed E-state index contributed by atoms with van der Waals surface area (Å²) in [5.41, 5.74) is 1.36. The van der Waals surface area contributed by atoms with Crippen LogP contribution in [-0.4, -0.2) is 90.3 Å². The van der Waals surface area contributed by atoms with E-state index >= 15 is 0 Å². The molecule has 29 heavy (non-hydrogen) atoms. The number of fused-ring (bicyclic) bond motifs is 1. The highest BCUT2D eigenvalue weighted by Crippen LogP contribution is 2.35. The van der Waals surface area contributed by atoms with Crippen LogP contribution in [0.2, 0.25) is 0 Å². The van der Waals surface area contributed by atoms with E-state index < -0.39 is 0 Å². The minimum atomic E-state index is 0.235. The van der Waals surface area contributed by atoms with Gasteiger partial charge in [-0.3, -0.25) is 19.4 Å². The average Bonchev–Trinajstić information content (AvgIpc) is 3.38. The number of hydrogen-bond donors (Lipinski definition) is 0. The zero-order valence-corrected chi connectivity index (χ0v) is 18.5. The average molecular weight is 419 g/mol. The second kappa shape index (κ2) is 9.58. The molecule has 1 atom stereocenters. The summed E-state index contributed by atoms with van der Waals surface area (Å²) in [6.07, 6.45) is 5.27. The topological polar surface area (TPSA) is 47.1 Å². The van der Waals surface area contributed by atoms with Gasteiger partial charge >= 0.3 is 0 Å². The third-order valence-corrected chi connectivity index (χ3v) is 7.66. The van der Waals surface area contributed by atoms with Crippen LogP contribution in [0.25, 0.3) is 0 Å². The lowest BCUT2D eigenvalue weighted by Gasteiger charge is -2.36. The van der Waals surface area contributed by atoms with Gasteiger partial charge in [0.2, 0.25) is 11.8 Å². The maximum Gasteiger partial charge on any atom is 0.237 e. The molecule has 3 aliphatic heterocycles. The molecule has 7 heteroatoms. The molecule has 2 amide bonds. The number of likely N-dealkylation sites (tertiary alicyclic amines) is 1. The first-order valence-corrected chi connectivity index (χ1v) is 12.1. The predicted octanol–water partition coefficient (Wildman–Crippen LogP) is 2.21. The van der Waals surface area contributed by atoms with E-state index in [-0.39, 0.29) is 17.9 Å². The van der Waals surface area contributed by atoms with Crippen molar-refractivity contribution in [2.75, 3.05) is 58.9 Å². The fraction of sp³-hybridized carbons (Fsp3) is 0.727. The highest BCUT2D eigenvalue weighted by Gasteiger charge is 2.31. The zero-order valence-electron chi connectivity index (χ0n) is 17.6. The molecule has 2 fully saturated rings. The van der Waals surface area contributed by atoms with Gasteiger partial charge in [-0.05, 0) is 62.2 Å². The summed E-state index contributed by atoms with van der Waals surface area (Å²) in [5.74, 6) is 0.535. The number of carbonyl (C=O) groups is 2. The Kier molecular flexibility index (Phi) is 6.88. The molecule has 4 heterocycles. The molecule has 3 aliphatic rings. The number of nitrogens with zero attached hydrogens (tertiary/aromatic N) is 4. The summed E-state index contributed by atoms with van der Waals surface area (Å²) in [6, 6.07) is 2.44. The lowest BCUT2D eigenvalue weighted by molar-refractivity contribution is -0.135. The fourth-order valence-corrected chi connectivity index (χ4v) is 5.94. The van der Waals surface area contributed by atoms with Crippen molar-refractivity contribution in [3.8, 4) is 0 Å². The molecular formula is C22H34N4O2S. The van der Waals surface area contributed by atoms with E-state index in [1.807, 2.05) is 16.2 Å². The molecule has 160 valence electrons. The predicted molar refractivity (Wildman–Crippen MR) is 116 cm³/mol. The standard InChI is InChI=1S/C22H34N4O2S/c1-2-19-18-7-15-29-20(18)6-12-26(19)22(28)17-24-9-5-8-23(13-14-24)16-21(27)25-10-3-4-11-25/h7,15,19H,2-6,8-14,16-17H2,1H3. The van der Waals surface area contributed by atoms with E-state index in [4.69, 9.17) is 0 Å². The first-order valence-electron chi connectivity index (χ1n) is 11.2. The molecule has 1 aromatic heterocycles. The Hall–Kier alpha value is -1.44. The Labute approximate surface area is 178 Å². The number of carbonyl (C=O) groups excluding carboxylic acids is 2. The van der Waals surface area contributed by atoms with Crippen LogP contribution in [-0.2, 0) is 16.0 Å². The van der Waals surface area contributed by atoms with Gasteiger partial charge in [0, 0.05) is 37.6 Å². The molecule has 1 unspecified atom stereocenters. The second-order valence-corrected chi connectivity index (χ2v) is 9.55. The molecule has 0 aliphatic carbocycles. The van der Waals surface area contributed by atoms with E-state index in [9.17, 15) is 9.59 Å². The van der Waals surface area contributed by atoms with Crippen LogP contribution in [0.3, 0.4) is 0 Å². The van der Waals surface area contributed by atoms with E-state index in [2.05, 4.69) is 33.1 Å². The summed E-state index contributed by atoms with van der Waals surface area (Å²) in [6.45, 7) is 9.54. The van der Waals surface area contributed by atoms with Gasteiger partial charge in [0.1, 0.15) is 0 Å². The van der Waals surface area contributed by atoms with Gasteiger partial charge in [-0.1, -0.05) is 6.92 Å². The Morgan fingerprint density at radius 2 is 1.62 bits per heavy atom. The Balaban J connectivity index is 1.28. The minimum absolute atomic E-state index is 0.235. The van der Waals surface area contributed by atoms with Gasteiger partial charge < -0.3 is 9.80 Å². The molecular weight excluding hydrogens is 384 g/mol. The molecule has 0 aromatic carbocycles. The fourth-order valence-electron chi connectivity index (χ4n) is 5.02. The second-order valence-electron chi connectivity index (χ2n) is 8.55. The van der Waals surface area contributed by atoms with E-state index in [1.165, 1.54) is 10.4 Å². The van der Waals surface area contributed by atoms with Gasteiger partial charge in [-0.25, -0.2) is 0 Å². The van der Waals surface area contributed by atoms with Crippen molar-refractivity contribution in [2.45, 2.75) is 45.1 Å². The maximum atomic E-state index is 13.1. The van der Waals surface area contributed by atoms with E-state index in [1.54, 1.807) is 0 Å². The number of amides is 2. The highest BCUT2D eigenvalue weighted by molar-refractivity contribution is 7.10. The summed E-state index contributed by atoms with van der Waals surface area (Å²) >= 11 is 1.83. The van der Waals surface area contributed by atoms with Crippen LogP contribution in [0, 0.1) is 0 Å². The smallest absolute Gasteiger partial charge is 0.237 e. The van der Waals surface area contributed by atoms with Crippen molar-refractivity contribution in [1.29, 1.82) is 0 Å². The Morgan fingerprint density at radius 3 is 2.31 bits per heavy atom. The molecule has 1 aromatic rings. The minimum Gasteiger partial charge on any atom is -0.342 e. The normalized spacial score (nSPS) is 23.8. The van der Waals surface area contributed by atoms with Crippen LogP contribution in [0.5, 0.6) is 0 Å². The van der Waals surface area contributed by atoms with Crippen LogP contribution in [0.1, 0.15) is 49.1 Å². The molecule has 0 bridgehead atoms. The highest BCUT2D eigenvalue weighted by atomic mass is 32.1. The number of thiophene rings is 1. The van der Waals surface area contributed by atoms with Crippen molar-refractivity contribution in [2.24, 2.45) is 0 Å². The SMILES string of the molecule is CCC1c2ccsc2CCN1C(=O)CN1CCCN(CC(=O)N2CCCC2)CC1. The third-order valence-electron chi connectivity index (χ3n) is 6.66.